The molecule has 0 aliphatic carbocycles. The lowest BCUT2D eigenvalue weighted by atomic mass is 10.2. The fraction of sp³-hybridized carbons (Fsp3) is 0.0667. The van der Waals surface area contributed by atoms with Gasteiger partial charge in [0.25, 0.3) is 5.56 Å². The first-order chi connectivity index (χ1) is 10.0. The number of fused-ring (bicyclic) bond motifs is 1. The van der Waals surface area contributed by atoms with Gasteiger partial charge in [-0.05, 0) is 42.0 Å². The van der Waals surface area contributed by atoms with E-state index in [0.29, 0.717) is 33.2 Å². The molecule has 0 saturated heterocycles. The van der Waals surface area contributed by atoms with E-state index in [-0.39, 0.29) is 5.56 Å². The average Bonchev–Trinajstić information content (AvgIpc) is 2.46. The van der Waals surface area contributed by atoms with Crippen LogP contribution < -0.4 is 11.3 Å². The molecule has 0 radical (unpaired) electrons. The number of nitrogens with zero attached hydrogens (tertiary/aromatic N) is 2. The molecule has 4 nitrogen and oxygen atoms in total. The van der Waals surface area contributed by atoms with Crippen molar-refractivity contribution in [2.24, 2.45) is 0 Å². The maximum atomic E-state index is 12.5. The van der Waals surface area contributed by atoms with E-state index in [1.807, 2.05) is 0 Å². The lowest BCUT2D eigenvalue weighted by Gasteiger charge is -2.09. The van der Waals surface area contributed by atoms with Crippen LogP contribution in [0.4, 0.5) is 5.69 Å². The molecular weight excluding hydrogens is 309 g/mol. The zero-order valence-electron chi connectivity index (χ0n) is 10.9. The summed E-state index contributed by atoms with van der Waals surface area (Å²) in [5.74, 6) is 0. The van der Waals surface area contributed by atoms with Gasteiger partial charge in [0.15, 0.2) is 0 Å². The van der Waals surface area contributed by atoms with E-state index in [9.17, 15) is 4.79 Å². The normalized spacial score (nSPS) is 11.0. The molecule has 2 N–H and O–H groups in total. The van der Waals surface area contributed by atoms with Crippen LogP contribution in [0.25, 0.3) is 10.9 Å². The molecule has 0 unspecified atom stereocenters. The Hall–Kier alpha value is -2.04. The summed E-state index contributed by atoms with van der Waals surface area (Å²) in [6.45, 7) is 0.302. The highest BCUT2D eigenvalue weighted by atomic mass is 35.5. The number of anilines is 1. The van der Waals surface area contributed by atoms with E-state index in [0.717, 1.165) is 5.56 Å². The SMILES string of the molecule is Nc1ccc2ncn(Cc3cc(Cl)ccc3Cl)c(=O)c2c1. The van der Waals surface area contributed by atoms with Gasteiger partial charge in [0, 0.05) is 15.7 Å². The van der Waals surface area contributed by atoms with Crippen molar-refractivity contribution >= 4 is 39.8 Å². The van der Waals surface area contributed by atoms with E-state index < -0.39 is 0 Å². The third-order valence-electron chi connectivity index (χ3n) is 3.20. The molecule has 1 aromatic heterocycles. The largest absolute Gasteiger partial charge is 0.399 e. The Labute approximate surface area is 130 Å². The molecule has 106 valence electrons. The number of hydrogen-bond acceptors (Lipinski definition) is 3. The van der Waals surface area contributed by atoms with Crippen molar-refractivity contribution in [3.05, 3.63) is 68.7 Å². The summed E-state index contributed by atoms with van der Waals surface area (Å²) in [7, 11) is 0. The molecular formula is C15H11Cl2N3O. The van der Waals surface area contributed by atoms with Crippen molar-refractivity contribution in [3.63, 3.8) is 0 Å². The number of nitrogens with two attached hydrogens (primary N) is 1. The third kappa shape index (κ3) is 2.73. The van der Waals surface area contributed by atoms with E-state index in [2.05, 4.69) is 4.98 Å². The van der Waals surface area contributed by atoms with Crippen LogP contribution in [0, 0.1) is 0 Å². The average molecular weight is 320 g/mol. The molecule has 0 bridgehead atoms. The topological polar surface area (TPSA) is 60.9 Å². The van der Waals surface area contributed by atoms with Gasteiger partial charge in [0.2, 0.25) is 0 Å². The Morgan fingerprint density at radius 3 is 2.76 bits per heavy atom. The molecule has 21 heavy (non-hydrogen) atoms. The van der Waals surface area contributed by atoms with Gasteiger partial charge in [-0.15, -0.1) is 0 Å². The predicted molar refractivity (Wildman–Crippen MR) is 86.0 cm³/mol. The van der Waals surface area contributed by atoms with Crippen LogP contribution >= 0.6 is 23.2 Å². The minimum absolute atomic E-state index is 0.164. The van der Waals surface area contributed by atoms with E-state index in [4.69, 9.17) is 28.9 Å². The fourth-order valence-corrected chi connectivity index (χ4v) is 2.51. The van der Waals surface area contributed by atoms with Crippen LogP contribution in [-0.4, -0.2) is 9.55 Å². The molecule has 0 atom stereocenters. The summed E-state index contributed by atoms with van der Waals surface area (Å²) < 4.78 is 1.49. The maximum absolute atomic E-state index is 12.5. The van der Waals surface area contributed by atoms with Crippen molar-refractivity contribution in [3.8, 4) is 0 Å². The first kappa shape index (κ1) is 13.9. The van der Waals surface area contributed by atoms with Crippen LogP contribution in [0.15, 0.2) is 47.5 Å². The minimum atomic E-state index is -0.164. The second-order valence-corrected chi connectivity index (χ2v) is 5.53. The third-order valence-corrected chi connectivity index (χ3v) is 3.80. The standard InChI is InChI=1S/C15H11Cl2N3O/c16-10-1-3-13(17)9(5-10)7-20-8-19-14-4-2-11(18)6-12(14)15(20)21/h1-6,8H,7,18H2. The summed E-state index contributed by atoms with van der Waals surface area (Å²) in [5, 5.41) is 1.61. The predicted octanol–water partition coefficient (Wildman–Crippen LogP) is 3.33. The summed E-state index contributed by atoms with van der Waals surface area (Å²) >= 11 is 12.1. The van der Waals surface area contributed by atoms with Gasteiger partial charge in [0.1, 0.15) is 0 Å². The minimum Gasteiger partial charge on any atom is -0.399 e. The molecule has 0 aliphatic rings. The second kappa shape index (κ2) is 5.39. The molecule has 0 fully saturated rings. The van der Waals surface area contributed by atoms with E-state index in [1.54, 1.807) is 36.4 Å². The zero-order chi connectivity index (χ0) is 15.0. The number of benzene rings is 2. The quantitative estimate of drug-likeness (QED) is 0.737. The second-order valence-electron chi connectivity index (χ2n) is 4.69. The van der Waals surface area contributed by atoms with Crippen molar-refractivity contribution < 1.29 is 0 Å². The molecule has 0 saturated carbocycles. The molecule has 0 spiro atoms. The van der Waals surface area contributed by atoms with Crippen LogP contribution in [-0.2, 0) is 6.54 Å². The first-order valence-corrected chi connectivity index (χ1v) is 6.99. The molecule has 6 heteroatoms. The Morgan fingerprint density at radius 2 is 1.95 bits per heavy atom. The number of halogens is 2. The Morgan fingerprint density at radius 1 is 1.14 bits per heavy atom. The monoisotopic (exact) mass is 319 g/mol. The molecule has 1 heterocycles. The van der Waals surface area contributed by atoms with Crippen molar-refractivity contribution in [1.82, 2.24) is 9.55 Å². The highest BCUT2D eigenvalue weighted by Crippen LogP contribution is 2.21. The van der Waals surface area contributed by atoms with Gasteiger partial charge in [-0.3, -0.25) is 9.36 Å². The van der Waals surface area contributed by atoms with Crippen molar-refractivity contribution in [2.45, 2.75) is 6.54 Å². The van der Waals surface area contributed by atoms with Gasteiger partial charge >= 0.3 is 0 Å². The zero-order valence-corrected chi connectivity index (χ0v) is 12.4. The molecule has 2 aromatic carbocycles. The van der Waals surface area contributed by atoms with Gasteiger partial charge < -0.3 is 5.73 Å². The molecule has 3 rings (SSSR count). The van der Waals surface area contributed by atoms with Gasteiger partial charge in [-0.2, -0.15) is 0 Å². The first-order valence-electron chi connectivity index (χ1n) is 6.23. The Bertz CT molecular complexity index is 890. The van der Waals surface area contributed by atoms with Gasteiger partial charge in [0.05, 0.1) is 23.8 Å². The maximum Gasteiger partial charge on any atom is 0.261 e. The molecule has 0 aliphatic heterocycles. The number of hydrogen-bond donors (Lipinski definition) is 1. The van der Waals surface area contributed by atoms with Crippen LogP contribution in [0.5, 0.6) is 0 Å². The summed E-state index contributed by atoms with van der Waals surface area (Å²) in [5.41, 5.74) is 7.46. The van der Waals surface area contributed by atoms with E-state index in [1.165, 1.54) is 10.9 Å². The van der Waals surface area contributed by atoms with Crippen LogP contribution in [0.3, 0.4) is 0 Å². The molecule has 3 aromatic rings. The van der Waals surface area contributed by atoms with Crippen molar-refractivity contribution in [1.29, 1.82) is 0 Å². The van der Waals surface area contributed by atoms with Crippen LogP contribution in [0.2, 0.25) is 10.0 Å². The Balaban J connectivity index is 2.11. The summed E-state index contributed by atoms with van der Waals surface area (Å²) in [4.78, 5) is 16.7. The lowest BCUT2D eigenvalue weighted by Crippen LogP contribution is -2.21. The van der Waals surface area contributed by atoms with Crippen LogP contribution in [0.1, 0.15) is 5.56 Å². The fourth-order valence-electron chi connectivity index (χ4n) is 2.14. The lowest BCUT2D eigenvalue weighted by molar-refractivity contribution is 0.748. The highest BCUT2D eigenvalue weighted by Gasteiger charge is 2.07. The van der Waals surface area contributed by atoms with Gasteiger partial charge in [-0.25, -0.2) is 4.98 Å². The number of aromatic nitrogens is 2. The summed E-state index contributed by atoms with van der Waals surface area (Å²) in [6, 6.07) is 10.2. The summed E-state index contributed by atoms with van der Waals surface area (Å²) in [6.07, 6.45) is 1.50. The van der Waals surface area contributed by atoms with E-state index >= 15 is 0 Å². The van der Waals surface area contributed by atoms with Gasteiger partial charge in [-0.1, -0.05) is 23.2 Å². The number of nitrogen functional groups attached to an aromatic ring is 1. The number of rotatable bonds is 2. The Kier molecular flexibility index (Phi) is 3.57. The van der Waals surface area contributed by atoms with Crippen molar-refractivity contribution in [2.75, 3.05) is 5.73 Å². The highest BCUT2D eigenvalue weighted by molar-refractivity contribution is 6.33. The smallest absolute Gasteiger partial charge is 0.261 e. The molecule has 0 amide bonds.